The molecule has 0 N–H and O–H groups in total. The zero-order valence-corrected chi connectivity index (χ0v) is 13.7. The van der Waals surface area contributed by atoms with Crippen molar-refractivity contribution >= 4 is 45.4 Å². The molecule has 5 heteroatoms. The Morgan fingerprint density at radius 3 is 3.00 bits per heavy atom. The van der Waals surface area contributed by atoms with E-state index in [4.69, 9.17) is 4.74 Å². The number of hydrogen-bond acceptors (Lipinski definition) is 4. The fourth-order valence-corrected chi connectivity index (χ4v) is 4.48. The second-order valence-corrected chi connectivity index (χ2v) is 7.45. The highest BCUT2D eigenvalue weighted by atomic mass is 79.9. The first kappa shape index (κ1) is 15.0. The Bertz CT molecular complexity index is 476. The zero-order chi connectivity index (χ0) is 13.7. The molecule has 0 radical (unpaired) electrons. The van der Waals surface area contributed by atoms with Gasteiger partial charge in [0, 0.05) is 27.0 Å². The summed E-state index contributed by atoms with van der Waals surface area (Å²) in [5.41, 5.74) is 1.84. The van der Waals surface area contributed by atoms with E-state index in [2.05, 4.69) is 22.5 Å². The lowest BCUT2D eigenvalue weighted by Crippen LogP contribution is -2.18. The van der Waals surface area contributed by atoms with Gasteiger partial charge in [0.25, 0.3) is 0 Å². The van der Waals surface area contributed by atoms with Crippen LogP contribution in [0.3, 0.4) is 0 Å². The van der Waals surface area contributed by atoms with E-state index in [1.807, 2.05) is 41.7 Å². The number of thioether (sulfide) groups is 2. The predicted molar refractivity (Wildman–Crippen MR) is 87.1 cm³/mol. The monoisotopic (exact) mass is 358 g/mol. The molecule has 1 heterocycles. The number of rotatable bonds is 3. The van der Waals surface area contributed by atoms with Gasteiger partial charge in [-0.05, 0) is 28.1 Å². The topological polar surface area (TPSA) is 26.3 Å². The first-order valence-corrected chi connectivity index (χ1v) is 8.94. The van der Waals surface area contributed by atoms with Gasteiger partial charge < -0.3 is 4.74 Å². The molecule has 0 aromatic heterocycles. The minimum Gasteiger partial charge on any atom is -0.461 e. The lowest BCUT2D eigenvalue weighted by molar-refractivity contribution is 0.0510. The van der Waals surface area contributed by atoms with Crippen LogP contribution in [-0.4, -0.2) is 35.1 Å². The molecule has 1 aliphatic heterocycles. The van der Waals surface area contributed by atoms with Crippen LogP contribution in [0.2, 0.25) is 0 Å². The molecule has 1 aromatic carbocycles. The molecule has 0 saturated carbocycles. The number of carbonyl (C=O) groups excluding carboxylic acids is 1. The quantitative estimate of drug-likeness (QED) is 0.602. The second-order valence-electron chi connectivity index (χ2n) is 4.28. The van der Waals surface area contributed by atoms with Crippen molar-refractivity contribution in [2.45, 2.75) is 5.25 Å². The van der Waals surface area contributed by atoms with Gasteiger partial charge in [-0.2, -0.15) is 11.8 Å². The molecule has 1 unspecified atom stereocenters. The van der Waals surface area contributed by atoms with Gasteiger partial charge in [0.15, 0.2) is 0 Å². The van der Waals surface area contributed by atoms with E-state index in [0.29, 0.717) is 17.4 Å². The third-order valence-electron chi connectivity index (χ3n) is 2.63. The maximum atomic E-state index is 12.0. The summed E-state index contributed by atoms with van der Waals surface area (Å²) in [6.45, 7) is 4.47. The molecule has 0 aliphatic carbocycles. The van der Waals surface area contributed by atoms with Crippen LogP contribution in [0.1, 0.15) is 10.4 Å². The largest absolute Gasteiger partial charge is 0.461 e. The van der Waals surface area contributed by atoms with Crippen LogP contribution in [0.5, 0.6) is 0 Å². The third-order valence-corrected chi connectivity index (χ3v) is 6.13. The summed E-state index contributed by atoms with van der Waals surface area (Å²) < 4.78 is 6.18. The van der Waals surface area contributed by atoms with Crippen molar-refractivity contribution in [2.24, 2.45) is 0 Å². The Labute approximate surface area is 130 Å². The minimum atomic E-state index is -0.263. The molecule has 1 aromatic rings. The lowest BCUT2D eigenvalue weighted by atomic mass is 10.2. The molecule has 102 valence electrons. The maximum absolute atomic E-state index is 12.0. The fourth-order valence-electron chi connectivity index (χ4n) is 1.63. The van der Waals surface area contributed by atoms with Crippen LogP contribution in [-0.2, 0) is 4.74 Å². The fraction of sp³-hybridized carbons (Fsp3) is 0.357. The number of benzene rings is 1. The van der Waals surface area contributed by atoms with Crippen molar-refractivity contribution in [3.05, 3.63) is 46.5 Å². The number of hydrogen-bond donors (Lipinski definition) is 0. The summed E-state index contributed by atoms with van der Waals surface area (Å²) in [6.07, 6.45) is 0. The van der Waals surface area contributed by atoms with Crippen LogP contribution in [0.4, 0.5) is 0 Å². The summed E-state index contributed by atoms with van der Waals surface area (Å²) in [5.74, 6) is 2.72. The van der Waals surface area contributed by atoms with Gasteiger partial charge in [0.2, 0.25) is 0 Å². The molecule has 0 spiro atoms. The summed E-state index contributed by atoms with van der Waals surface area (Å²) in [5, 5.41) is 0.357. The standard InChI is InChI=1S/C14H15BrO2S2/c1-10-7-18-9-11(19-8-10)6-17-14(16)12-4-2-3-5-13(12)15/h2-5,11H,1,6-9H2. The van der Waals surface area contributed by atoms with E-state index in [-0.39, 0.29) is 5.97 Å². The van der Waals surface area contributed by atoms with Crippen molar-refractivity contribution in [3.63, 3.8) is 0 Å². The first-order chi connectivity index (χ1) is 9.16. The molecule has 1 saturated heterocycles. The maximum Gasteiger partial charge on any atom is 0.339 e. The Hall–Kier alpha value is -0.390. The van der Waals surface area contributed by atoms with E-state index in [9.17, 15) is 4.79 Å². The number of esters is 1. The van der Waals surface area contributed by atoms with Gasteiger partial charge in [-0.1, -0.05) is 24.3 Å². The van der Waals surface area contributed by atoms with E-state index in [1.165, 1.54) is 5.57 Å². The molecule has 1 atom stereocenters. The Morgan fingerprint density at radius 2 is 2.21 bits per heavy atom. The van der Waals surface area contributed by atoms with Crippen molar-refractivity contribution in [2.75, 3.05) is 23.9 Å². The number of carbonyl (C=O) groups is 1. The highest BCUT2D eigenvalue weighted by Crippen LogP contribution is 2.26. The average molecular weight is 359 g/mol. The SMILES string of the molecule is C=C1CSCC(COC(=O)c2ccccc2Br)SC1. The van der Waals surface area contributed by atoms with E-state index < -0.39 is 0 Å². The average Bonchev–Trinajstić information content (AvgIpc) is 2.61. The van der Waals surface area contributed by atoms with Gasteiger partial charge in [0.05, 0.1) is 5.56 Å². The van der Waals surface area contributed by atoms with Crippen LogP contribution < -0.4 is 0 Å². The Morgan fingerprint density at radius 1 is 1.42 bits per heavy atom. The molecule has 0 amide bonds. The highest BCUT2D eigenvalue weighted by molar-refractivity contribution is 9.10. The van der Waals surface area contributed by atoms with E-state index >= 15 is 0 Å². The van der Waals surface area contributed by atoms with Gasteiger partial charge >= 0.3 is 5.97 Å². The summed E-state index contributed by atoms with van der Waals surface area (Å²) in [7, 11) is 0. The van der Waals surface area contributed by atoms with Crippen molar-refractivity contribution in [1.29, 1.82) is 0 Å². The Balaban J connectivity index is 1.87. The highest BCUT2D eigenvalue weighted by Gasteiger charge is 2.18. The summed E-state index contributed by atoms with van der Waals surface area (Å²) in [4.78, 5) is 12.0. The molecule has 2 rings (SSSR count). The molecular weight excluding hydrogens is 344 g/mol. The normalized spacial score (nSPS) is 19.8. The summed E-state index contributed by atoms with van der Waals surface area (Å²) >= 11 is 7.05. The van der Waals surface area contributed by atoms with Crippen LogP contribution >= 0.6 is 39.5 Å². The Kier molecular flexibility index (Phi) is 5.85. The van der Waals surface area contributed by atoms with Crippen molar-refractivity contribution in [1.82, 2.24) is 0 Å². The smallest absolute Gasteiger partial charge is 0.339 e. The number of ether oxygens (including phenoxy) is 1. The van der Waals surface area contributed by atoms with Crippen LogP contribution in [0.25, 0.3) is 0 Å². The van der Waals surface area contributed by atoms with Crippen molar-refractivity contribution < 1.29 is 9.53 Å². The molecule has 1 aliphatic rings. The predicted octanol–water partition coefficient (Wildman–Crippen LogP) is 4.01. The minimum absolute atomic E-state index is 0.263. The van der Waals surface area contributed by atoms with Gasteiger partial charge in [-0.15, -0.1) is 11.8 Å². The molecular formula is C14H15BrO2S2. The molecule has 2 nitrogen and oxygen atoms in total. The van der Waals surface area contributed by atoms with Crippen LogP contribution in [0.15, 0.2) is 40.9 Å². The van der Waals surface area contributed by atoms with E-state index in [1.54, 1.807) is 6.07 Å². The van der Waals surface area contributed by atoms with Gasteiger partial charge in [-0.25, -0.2) is 4.79 Å². The van der Waals surface area contributed by atoms with Crippen LogP contribution in [0, 0.1) is 0 Å². The van der Waals surface area contributed by atoms with Crippen molar-refractivity contribution in [3.8, 4) is 0 Å². The third kappa shape index (κ3) is 4.58. The van der Waals surface area contributed by atoms with Gasteiger partial charge in [0.1, 0.15) is 6.61 Å². The molecule has 19 heavy (non-hydrogen) atoms. The zero-order valence-electron chi connectivity index (χ0n) is 10.4. The van der Waals surface area contributed by atoms with Gasteiger partial charge in [-0.3, -0.25) is 0 Å². The lowest BCUT2D eigenvalue weighted by Gasteiger charge is -2.13. The molecule has 0 bridgehead atoms. The first-order valence-electron chi connectivity index (χ1n) is 5.94. The summed E-state index contributed by atoms with van der Waals surface area (Å²) in [6, 6.07) is 7.33. The second kappa shape index (κ2) is 7.41. The number of halogens is 1. The van der Waals surface area contributed by atoms with E-state index in [0.717, 1.165) is 21.7 Å². The molecule has 1 fully saturated rings.